The summed E-state index contributed by atoms with van der Waals surface area (Å²) < 4.78 is 5.71. The summed E-state index contributed by atoms with van der Waals surface area (Å²) in [7, 11) is 3.97. The number of nitrogens with zero attached hydrogens (tertiary/aromatic N) is 3. The van der Waals surface area contributed by atoms with Crippen LogP contribution in [0.15, 0.2) is 30.6 Å². The summed E-state index contributed by atoms with van der Waals surface area (Å²) in [5, 5.41) is 17.1. The number of nitrogens with one attached hydrogen (secondary N) is 3. The molecular weight excluding hydrogens is 360 g/mol. The van der Waals surface area contributed by atoms with E-state index in [1.54, 1.807) is 18.2 Å². The van der Waals surface area contributed by atoms with Crippen LogP contribution in [-0.2, 0) is 4.79 Å². The molecule has 0 aliphatic rings. The molecule has 1 aromatic heterocycles. The fourth-order valence-corrected chi connectivity index (χ4v) is 1.74. The molecule has 0 radical (unpaired) electrons. The number of benzene rings is 1. The lowest BCUT2D eigenvalue weighted by Crippen LogP contribution is -2.42. The van der Waals surface area contributed by atoms with Crippen LogP contribution in [-0.4, -0.2) is 63.8 Å². The predicted octanol–water partition coefficient (Wildman–Crippen LogP) is 1.10. The van der Waals surface area contributed by atoms with Gasteiger partial charge in [-0.15, -0.1) is 0 Å². The molecule has 0 saturated carbocycles. The zero-order chi connectivity index (χ0) is 19.7. The third kappa shape index (κ3) is 5.72. The van der Waals surface area contributed by atoms with Crippen LogP contribution < -0.4 is 10.1 Å². The molecule has 1 heterocycles. The Hall–Kier alpha value is -3.18. The van der Waals surface area contributed by atoms with Crippen LogP contribution in [0.2, 0.25) is 0 Å². The van der Waals surface area contributed by atoms with Gasteiger partial charge in [-0.2, -0.15) is 4.98 Å². The smallest absolute Gasteiger partial charge is 0.323 e. The second-order valence-corrected chi connectivity index (χ2v) is 5.12. The number of H-pyrrole nitrogens is 1. The second kappa shape index (κ2) is 9.96. The van der Waals surface area contributed by atoms with Crippen molar-refractivity contribution in [3.8, 4) is 11.8 Å². The Labute approximate surface area is 154 Å². The first kappa shape index (κ1) is 20.9. The topological polar surface area (TPSA) is 144 Å². The number of aromatic amines is 1. The standard InChI is InChI=1S/C14H14N6O3S.CH4O/c1-20(2)14(22)18-11(21)10(15)8-5-3-4-6-9(8)23-12-16-7-17-13(24)19-12;1-2/h3-7,15H,1-2H3,(H,18,21,22)(H,16,17,19,24);2H,1H3. The highest BCUT2D eigenvalue weighted by Crippen LogP contribution is 2.22. The average molecular weight is 378 g/mol. The van der Waals surface area contributed by atoms with Crippen LogP contribution in [0.4, 0.5) is 4.79 Å². The Balaban J connectivity index is 0.00000163. The summed E-state index contributed by atoms with van der Waals surface area (Å²) in [5.41, 5.74) is -0.229. The average Bonchev–Trinajstić information content (AvgIpc) is 2.63. The maximum Gasteiger partial charge on any atom is 0.323 e. The number of urea groups is 1. The molecule has 4 N–H and O–H groups in total. The van der Waals surface area contributed by atoms with Gasteiger partial charge in [0.15, 0.2) is 0 Å². The normalized spacial score (nSPS) is 9.38. The molecule has 0 unspecified atom stereocenters. The third-order valence-electron chi connectivity index (χ3n) is 2.78. The Morgan fingerprint density at radius 2 is 1.92 bits per heavy atom. The molecule has 0 aliphatic carbocycles. The minimum atomic E-state index is -0.847. The van der Waals surface area contributed by atoms with Gasteiger partial charge < -0.3 is 14.7 Å². The fraction of sp³-hybridized carbons (Fsp3) is 0.200. The molecule has 2 aromatic rings. The Bertz CT molecular complexity index is 852. The highest BCUT2D eigenvalue weighted by atomic mass is 32.1. The SMILES string of the molecule is CN(C)C(=O)NC(=O)C(=N)c1ccccc1Oc1ncnc(=S)[nH]1.CO. The number of para-hydroxylation sites is 1. The molecule has 26 heavy (non-hydrogen) atoms. The number of carbonyl (C=O) groups is 2. The lowest BCUT2D eigenvalue weighted by atomic mass is 10.1. The molecule has 0 bridgehead atoms. The summed E-state index contributed by atoms with van der Waals surface area (Å²) in [6.07, 6.45) is 1.23. The van der Waals surface area contributed by atoms with Crippen molar-refractivity contribution >= 4 is 29.9 Å². The maximum absolute atomic E-state index is 12.0. The van der Waals surface area contributed by atoms with Crippen LogP contribution in [0.1, 0.15) is 5.56 Å². The van der Waals surface area contributed by atoms with Gasteiger partial charge in [0.25, 0.3) is 5.91 Å². The number of aliphatic hydroxyl groups is 1. The van der Waals surface area contributed by atoms with Gasteiger partial charge in [-0.05, 0) is 24.4 Å². The third-order valence-corrected chi connectivity index (χ3v) is 2.99. The number of aliphatic hydroxyl groups excluding tert-OH is 1. The maximum atomic E-state index is 12.0. The molecule has 0 spiro atoms. The molecule has 11 heteroatoms. The first-order valence-corrected chi connectivity index (χ1v) is 7.54. The van der Waals surface area contributed by atoms with E-state index < -0.39 is 17.6 Å². The number of rotatable bonds is 4. The van der Waals surface area contributed by atoms with Crippen LogP contribution in [0.25, 0.3) is 0 Å². The Morgan fingerprint density at radius 1 is 1.27 bits per heavy atom. The number of hydrogen-bond donors (Lipinski definition) is 4. The molecule has 0 fully saturated rings. The number of hydrogen-bond acceptors (Lipinski definition) is 8. The monoisotopic (exact) mass is 378 g/mol. The Kier molecular flexibility index (Phi) is 7.99. The van der Waals surface area contributed by atoms with Crippen molar-refractivity contribution in [2.75, 3.05) is 21.2 Å². The van der Waals surface area contributed by atoms with E-state index in [1.807, 2.05) is 0 Å². The highest BCUT2D eigenvalue weighted by molar-refractivity contribution is 7.71. The summed E-state index contributed by atoms with van der Waals surface area (Å²) >= 11 is 4.88. The summed E-state index contributed by atoms with van der Waals surface area (Å²) in [4.78, 5) is 35.0. The number of carbonyl (C=O) groups excluding carboxylic acids is 2. The van der Waals surface area contributed by atoms with Crippen LogP contribution >= 0.6 is 12.2 Å². The van der Waals surface area contributed by atoms with E-state index in [-0.39, 0.29) is 22.1 Å². The minimum absolute atomic E-state index is 0.0695. The zero-order valence-electron chi connectivity index (χ0n) is 14.3. The van der Waals surface area contributed by atoms with E-state index in [2.05, 4.69) is 20.3 Å². The van der Waals surface area contributed by atoms with E-state index in [4.69, 9.17) is 27.5 Å². The lowest BCUT2D eigenvalue weighted by molar-refractivity contribution is -0.113. The molecule has 0 saturated heterocycles. The summed E-state index contributed by atoms with van der Waals surface area (Å²) in [6.45, 7) is 0. The first-order valence-electron chi connectivity index (χ1n) is 7.13. The van der Waals surface area contributed by atoms with Crippen LogP contribution in [0.5, 0.6) is 11.8 Å². The number of amides is 3. The molecule has 10 nitrogen and oxygen atoms in total. The predicted molar refractivity (Wildman–Crippen MR) is 95.9 cm³/mol. The van der Waals surface area contributed by atoms with E-state index >= 15 is 0 Å². The number of imide groups is 1. The van der Waals surface area contributed by atoms with E-state index in [0.29, 0.717) is 0 Å². The van der Waals surface area contributed by atoms with Gasteiger partial charge in [0.05, 0.1) is 0 Å². The first-order chi connectivity index (χ1) is 12.4. The number of ether oxygens (including phenoxy) is 1. The van der Waals surface area contributed by atoms with E-state index in [1.165, 1.54) is 31.4 Å². The summed E-state index contributed by atoms with van der Waals surface area (Å²) in [6, 6.07) is 5.84. The van der Waals surface area contributed by atoms with Crippen molar-refractivity contribution in [2.45, 2.75) is 0 Å². The van der Waals surface area contributed by atoms with Gasteiger partial charge in [-0.25, -0.2) is 9.78 Å². The van der Waals surface area contributed by atoms with Crippen molar-refractivity contribution in [2.24, 2.45) is 0 Å². The number of aromatic nitrogens is 3. The highest BCUT2D eigenvalue weighted by Gasteiger charge is 2.19. The van der Waals surface area contributed by atoms with Gasteiger partial charge in [-0.3, -0.25) is 20.5 Å². The van der Waals surface area contributed by atoms with Crippen molar-refractivity contribution < 1.29 is 19.4 Å². The molecule has 2 rings (SSSR count). The van der Waals surface area contributed by atoms with E-state index in [9.17, 15) is 9.59 Å². The van der Waals surface area contributed by atoms with Gasteiger partial charge in [0, 0.05) is 26.8 Å². The van der Waals surface area contributed by atoms with Gasteiger partial charge >= 0.3 is 12.0 Å². The summed E-state index contributed by atoms with van der Waals surface area (Å²) in [5.74, 6) is -0.639. The largest absolute Gasteiger partial charge is 0.425 e. The quantitative estimate of drug-likeness (QED) is 0.460. The minimum Gasteiger partial charge on any atom is -0.425 e. The van der Waals surface area contributed by atoms with Crippen molar-refractivity contribution in [1.29, 1.82) is 5.41 Å². The van der Waals surface area contributed by atoms with Crippen molar-refractivity contribution in [3.63, 3.8) is 0 Å². The molecular formula is C15H18N6O4S. The molecule has 138 valence electrons. The molecule has 3 amide bonds. The van der Waals surface area contributed by atoms with E-state index in [0.717, 1.165) is 7.11 Å². The zero-order valence-corrected chi connectivity index (χ0v) is 15.1. The molecule has 1 aromatic carbocycles. The fourth-order valence-electron chi connectivity index (χ4n) is 1.60. The van der Waals surface area contributed by atoms with Gasteiger partial charge in [0.1, 0.15) is 17.8 Å². The van der Waals surface area contributed by atoms with Crippen molar-refractivity contribution in [3.05, 3.63) is 40.9 Å². The van der Waals surface area contributed by atoms with Crippen LogP contribution in [0, 0.1) is 10.2 Å². The van der Waals surface area contributed by atoms with Crippen LogP contribution in [0.3, 0.4) is 0 Å². The van der Waals surface area contributed by atoms with Gasteiger partial charge in [-0.1, -0.05) is 12.1 Å². The molecule has 0 atom stereocenters. The lowest BCUT2D eigenvalue weighted by Gasteiger charge is -2.13. The van der Waals surface area contributed by atoms with Crippen molar-refractivity contribution in [1.82, 2.24) is 25.2 Å². The Morgan fingerprint density at radius 3 is 2.54 bits per heavy atom. The second-order valence-electron chi connectivity index (χ2n) is 4.74. The van der Waals surface area contributed by atoms with Gasteiger partial charge in [0.2, 0.25) is 4.77 Å². The molecule has 0 aliphatic heterocycles.